The smallest absolute Gasteiger partial charge is 0.317 e. The van der Waals surface area contributed by atoms with Crippen molar-refractivity contribution < 1.29 is 14.6 Å². The van der Waals surface area contributed by atoms with Crippen molar-refractivity contribution in [3.8, 4) is 0 Å². The number of piperidine rings is 2. The first-order valence-corrected chi connectivity index (χ1v) is 9.71. The number of carboxylic acids is 1. The van der Waals surface area contributed by atoms with E-state index < -0.39 is 11.4 Å². The Bertz CT molecular complexity index is 860. The molecular formula is C21H26N2O3. The summed E-state index contributed by atoms with van der Waals surface area (Å²) in [5.74, 6) is 0.181. The summed E-state index contributed by atoms with van der Waals surface area (Å²) in [4.78, 5) is 18.8. The largest absolute Gasteiger partial charge is 0.480 e. The lowest BCUT2D eigenvalue weighted by molar-refractivity contribution is -0.159. The van der Waals surface area contributed by atoms with Gasteiger partial charge in [-0.2, -0.15) is 0 Å². The van der Waals surface area contributed by atoms with E-state index >= 15 is 0 Å². The molecule has 1 saturated carbocycles. The van der Waals surface area contributed by atoms with Crippen LogP contribution in [0, 0.1) is 11.8 Å². The van der Waals surface area contributed by atoms with Crippen LogP contribution in [-0.4, -0.2) is 53.8 Å². The first-order valence-electron chi connectivity index (χ1n) is 9.71. The minimum Gasteiger partial charge on any atom is -0.480 e. The summed E-state index contributed by atoms with van der Waals surface area (Å²) in [5.41, 5.74) is 2.46. The van der Waals surface area contributed by atoms with Crippen molar-refractivity contribution in [2.75, 3.05) is 26.8 Å². The summed E-state index contributed by atoms with van der Waals surface area (Å²) >= 11 is 0. The highest BCUT2D eigenvalue weighted by Gasteiger charge is 2.62. The molecule has 0 amide bonds. The molecule has 138 valence electrons. The van der Waals surface area contributed by atoms with Gasteiger partial charge in [0.25, 0.3) is 0 Å². The third-order valence-corrected chi connectivity index (χ3v) is 7.07. The Balaban J connectivity index is 1.72. The second-order valence-corrected chi connectivity index (χ2v) is 8.34. The molecule has 4 aliphatic rings. The number of para-hydroxylation sites is 1. The highest BCUT2D eigenvalue weighted by molar-refractivity contribution is 5.91. The van der Waals surface area contributed by atoms with Gasteiger partial charge >= 0.3 is 5.97 Å². The van der Waals surface area contributed by atoms with Crippen molar-refractivity contribution in [1.29, 1.82) is 0 Å². The summed E-state index contributed by atoms with van der Waals surface area (Å²) < 4.78 is 5.34. The molecule has 6 rings (SSSR count). The summed E-state index contributed by atoms with van der Waals surface area (Å²) in [6, 6.07) is 8.34. The predicted octanol–water partition coefficient (Wildman–Crippen LogP) is 2.79. The molecule has 3 fully saturated rings. The van der Waals surface area contributed by atoms with Gasteiger partial charge in [0.1, 0.15) is 5.41 Å². The van der Waals surface area contributed by atoms with Gasteiger partial charge in [0, 0.05) is 49.4 Å². The topological polar surface area (TPSA) is 65.6 Å². The highest BCUT2D eigenvalue weighted by Crippen LogP contribution is 2.55. The molecule has 4 bridgehead atoms. The van der Waals surface area contributed by atoms with Crippen LogP contribution in [0.1, 0.15) is 30.5 Å². The van der Waals surface area contributed by atoms with E-state index in [9.17, 15) is 9.90 Å². The number of aromatic nitrogens is 1. The van der Waals surface area contributed by atoms with Gasteiger partial charge in [0.15, 0.2) is 0 Å². The SMILES string of the molecule is COCC[C@H]1CC2CN3CCc4c([nH]c5ccccc45)[C@](C(=O)O)(C2)[C@H]13. The highest BCUT2D eigenvalue weighted by atomic mass is 16.5. The molecule has 2 saturated heterocycles. The monoisotopic (exact) mass is 354 g/mol. The van der Waals surface area contributed by atoms with Crippen molar-refractivity contribution in [1.82, 2.24) is 9.88 Å². The molecule has 0 spiro atoms. The normalized spacial score (nSPS) is 35.3. The van der Waals surface area contributed by atoms with E-state index in [2.05, 4.69) is 28.1 Å². The number of benzene rings is 1. The third-order valence-electron chi connectivity index (χ3n) is 7.07. The fraction of sp³-hybridized carbons (Fsp3) is 0.571. The number of carboxylic acid groups (broad SMARTS) is 1. The van der Waals surface area contributed by atoms with E-state index in [1.165, 1.54) is 10.9 Å². The van der Waals surface area contributed by atoms with Crippen LogP contribution in [0.15, 0.2) is 24.3 Å². The van der Waals surface area contributed by atoms with E-state index in [0.29, 0.717) is 18.4 Å². The van der Waals surface area contributed by atoms with Crippen molar-refractivity contribution in [3.05, 3.63) is 35.5 Å². The number of ether oxygens (including phenoxy) is 1. The maximum absolute atomic E-state index is 12.8. The number of fused-ring (bicyclic) bond motifs is 4. The van der Waals surface area contributed by atoms with Gasteiger partial charge in [0.05, 0.1) is 0 Å². The zero-order valence-corrected chi connectivity index (χ0v) is 15.2. The molecular weight excluding hydrogens is 328 g/mol. The fourth-order valence-electron chi connectivity index (χ4n) is 6.25. The predicted molar refractivity (Wildman–Crippen MR) is 99.4 cm³/mol. The summed E-state index contributed by atoms with van der Waals surface area (Å²) in [5, 5.41) is 11.7. The lowest BCUT2D eigenvalue weighted by atomic mass is 9.56. The van der Waals surface area contributed by atoms with Crippen LogP contribution in [-0.2, 0) is 21.4 Å². The number of aliphatic carboxylic acids is 1. The molecule has 5 atom stereocenters. The van der Waals surface area contributed by atoms with E-state index in [0.717, 1.165) is 50.0 Å². The Hall–Kier alpha value is -1.85. The summed E-state index contributed by atoms with van der Waals surface area (Å²) in [6.07, 6.45) is 3.76. The Morgan fingerprint density at radius 1 is 1.42 bits per heavy atom. The van der Waals surface area contributed by atoms with Gasteiger partial charge in [-0.25, -0.2) is 0 Å². The Morgan fingerprint density at radius 2 is 2.27 bits per heavy atom. The molecule has 1 aliphatic carbocycles. The molecule has 2 aromatic rings. The first kappa shape index (κ1) is 16.3. The lowest BCUT2D eigenvalue weighted by Gasteiger charge is -2.57. The number of hydrogen-bond donors (Lipinski definition) is 2. The molecule has 26 heavy (non-hydrogen) atoms. The summed E-state index contributed by atoms with van der Waals surface area (Å²) in [7, 11) is 1.73. The van der Waals surface area contributed by atoms with Gasteiger partial charge in [0.2, 0.25) is 0 Å². The average Bonchev–Trinajstić information content (AvgIpc) is 2.99. The number of hydrogen-bond acceptors (Lipinski definition) is 3. The number of nitrogens with one attached hydrogen (secondary N) is 1. The molecule has 5 heteroatoms. The molecule has 1 aromatic carbocycles. The van der Waals surface area contributed by atoms with Crippen molar-refractivity contribution >= 4 is 16.9 Å². The molecule has 1 aromatic heterocycles. The van der Waals surface area contributed by atoms with Gasteiger partial charge in [-0.3, -0.25) is 9.69 Å². The number of nitrogens with zero attached hydrogens (tertiary/aromatic N) is 1. The molecule has 4 heterocycles. The number of methoxy groups -OCH3 is 1. The maximum Gasteiger partial charge on any atom is 0.317 e. The van der Waals surface area contributed by atoms with Crippen LogP contribution in [0.5, 0.6) is 0 Å². The number of rotatable bonds is 4. The van der Waals surface area contributed by atoms with Crippen molar-refractivity contribution in [2.45, 2.75) is 37.1 Å². The number of carbonyl (C=O) groups is 1. The fourth-order valence-corrected chi connectivity index (χ4v) is 6.25. The first-order chi connectivity index (χ1) is 12.6. The Morgan fingerprint density at radius 3 is 3.08 bits per heavy atom. The van der Waals surface area contributed by atoms with E-state index in [1.54, 1.807) is 7.11 Å². The van der Waals surface area contributed by atoms with Gasteiger partial charge in [-0.05, 0) is 49.1 Å². The minimum atomic E-state index is -0.815. The average molecular weight is 354 g/mol. The number of aromatic amines is 1. The molecule has 2 N–H and O–H groups in total. The van der Waals surface area contributed by atoms with E-state index in [-0.39, 0.29) is 6.04 Å². The second-order valence-electron chi connectivity index (χ2n) is 8.34. The molecule has 3 aliphatic heterocycles. The molecule has 2 unspecified atom stereocenters. The van der Waals surface area contributed by atoms with E-state index in [1.807, 2.05) is 6.07 Å². The van der Waals surface area contributed by atoms with Crippen LogP contribution in [0.3, 0.4) is 0 Å². The minimum absolute atomic E-state index is 0.0643. The second kappa shape index (κ2) is 5.83. The van der Waals surface area contributed by atoms with Crippen molar-refractivity contribution in [3.63, 3.8) is 0 Å². The lowest BCUT2D eigenvalue weighted by Crippen LogP contribution is -2.67. The van der Waals surface area contributed by atoms with Gasteiger partial charge < -0.3 is 14.8 Å². The van der Waals surface area contributed by atoms with Gasteiger partial charge in [-0.15, -0.1) is 0 Å². The molecule has 0 radical (unpaired) electrons. The van der Waals surface area contributed by atoms with Gasteiger partial charge in [-0.1, -0.05) is 18.2 Å². The third kappa shape index (κ3) is 2.07. The quantitative estimate of drug-likeness (QED) is 0.886. The zero-order valence-electron chi connectivity index (χ0n) is 15.2. The maximum atomic E-state index is 12.8. The molecule has 5 nitrogen and oxygen atoms in total. The number of H-pyrrole nitrogens is 1. The zero-order chi connectivity index (χ0) is 17.9. The Kier molecular flexibility index (Phi) is 3.66. The summed E-state index contributed by atoms with van der Waals surface area (Å²) in [6.45, 7) is 2.71. The van der Waals surface area contributed by atoms with Crippen molar-refractivity contribution in [2.24, 2.45) is 11.8 Å². The van der Waals surface area contributed by atoms with Crippen LogP contribution in [0.2, 0.25) is 0 Å². The Labute approximate surface area is 153 Å². The van der Waals surface area contributed by atoms with Crippen LogP contribution < -0.4 is 0 Å². The van der Waals surface area contributed by atoms with Crippen LogP contribution in [0.25, 0.3) is 10.9 Å². The van der Waals surface area contributed by atoms with Crippen LogP contribution in [0.4, 0.5) is 0 Å². The van der Waals surface area contributed by atoms with Crippen LogP contribution >= 0.6 is 0 Å². The van der Waals surface area contributed by atoms with E-state index in [4.69, 9.17) is 4.74 Å². The standard InChI is InChI=1S/C21H26N2O3/c1-26-9-7-14-10-13-11-21(20(24)25)18-16(6-8-23(12-13)19(14)21)15-4-2-3-5-17(15)22-18/h2-5,13-14,19,22H,6-12H2,1H3,(H,24,25)/t13?,14-,19-,21+/m0/s1.